The van der Waals surface area contributed by atoms with Crippen LogP contribution in [-0.2, 0) is 9.59 Å². The number of nitrogens with zero attached hydrogens (tertiary/aromatic N) is 1. The van der Waals surface area contributed by atoms with Crippen LogP contribution in [0.25, 0.3) is 0 Å². The van der Waals surface area contributed by atoms with E-state index in [9.17, 15) is 9.59 Å². The molecule has 106 valence electrons. The predicted octanol–water partition coefficient (Wildman–Crippen LogP) is 1.79. The van der Waals surface area contributed by atoms with Gasteiger partial charge in [0.1, 0.15) is 0 Å². The molecule has 2 amide bonds. The molecular formula is C16H20N2O2. The van der Waals surface area contributed by atoms with E-state index in [2.05, 4.69) is 5.32 Å². The van der Waals surface area contributed by atoms with Gasteiger partial charge in [-0.05, 0) is 25.3 Å². The third-order valence-electron chi connectivity index (χ3n) is 4.27. The Hall–Kier alpha value is -1.84. The van der Waals surface area contributed by atoms with Crippen molar-refractivity contribution in [1.29, 1.82) is 0 Å². The minimum absolute atomic E-state index is 0.0239. The van der Waals surface area contributed by atoms with Gasteiger partial charge >= 0.3 is 0 Å². The Morgan fingerprint density at radius 3 is 2.50 bits per heavy atom. The molecule has 1 aromatic rings. The van der Waals surface area contributed by atoms with Crippen LogP contribution < -0.4 is 5.32 Å². The SMILES string of the molecule is Cc1ccc([C@H]2[C@H](C(=O)NC3CC3)CC(=O)N2C)cc1. The van der Waals surface area contributed by atoms with Gasteiger partial charge < -0.3 is 10.2 Å². The van der Waals surface area contributed by atoms with Crippen molar-refractivity contribution >= 4 is 11.8 Å². The summed E-state index contributed by atoms with van der Waals surface area (Å²) < 4.78 is 0. The van der Waals surface area contributed by atoms with E-state index >= 15 is 0 Å². The number of rotatable bonds is 3. The molecule has 1 N–H and O–H groups in total. The second-order valence-corrected chi connectivity index (χ2v) is 5.95. The van der Waals surface area contributed by atoms with Crippen molar-refractivity contribution in [3.63, 3.8) is 0 Å². The Morgan fingerprint density at radius 2 is 1.90 bits per heavy atom. The van der Waals surface area contributed by atoms with Gasteiger partial charge in [0.2, 0.25) is 11.8 Å². The van der Waals surface area contributed by atoms with E-state index < -0.39 is 0 Å². The number of hydrogen-bond donors (Lipinski definition) is 1. The first kappa shape index (κ1) is 13.2. The summed E-state index contributed by atoms with van der Waals surface area (Å²) in [7, 11) is 1.79. The summed E-state index contributed by atoms with van der Waals surface area (Å²) in [5, 5.41) is 3.03. The maximum Gasteiger partial charge on any atom is 0.226 e. The average molecular weight is 272 g/mol. The lowest BCUT2D eigenvalue weighted by molar-refractivity contribution is -0.128. The topological polar surface area (TPSA) is 49.4 Å². The zero-order chi connectivity index (χ0) is 14.3. The van der Waals surface area contributed by atoms with Gasteiger partial charge in [-0.2, -0.15) is 0 Å². The molecule has 2 atom stereocenters. The molecule has 1 heterocycles. The van der Waals surface area contributed by atoms with Crippen LogP contribution in [0.3, 0.4) is 0 Å². The fourth-order valence-corrected chi connectivity index (χ4v) is 2.86. The summed E-state index contributed by atoms with van der Waals surface area (Å²) in [5.74, 6) is -0.196. The van der Waals surface area contributed by atoms with Crippen molar-refractivity contribution in [2.24, 2.45) is 5.92 Å². The molecule has 2 aliphatic rings. The number of benzene rings is 1. The maximum absolute atomic E-state index is 12.3. The van der Waals surface area contributed by atoms with Gasteiger partial charge in [0.05, 0.1) is 12.0 Å². The first-order valence-electron chi connectivity index (χ1n) is 7.19. The van der Waals surface area contributed by atoms with E-state index in [-0.39, 0.29) is 23.8 Å². The highest BCUT2D eigenvalue weighted by molar-refractivity contribution is 5.90. The Kier molecular flexibility index (Phi) is 3.24. The third-order valence-corrected chi connectivity index (χ3v) is 4.27. The summed E-state index contributed by atoms with van der Waals surface area (Å²) in [4.78, 5) is 26.0. The Balaban J connectivity index is 1.85. The highest BCUT2D eigenvalue weighted by Crippen LogP contribution is 2.37. The summed E-state index contributed by atoms with van der Waals surface area (Å²) >= 11 is 0. The van der Waals surface area contributed by atoms with Gasteiger partial charge in [0.25, 0.3) is 0 Å². The molecule has 3 rings (SSSR count). The first-order valence-corrected chi connectivity index (χ1v) is 7.19. The van der Waals surface area contributed by atoms with E-state index in [0.717, 1.165) is 18.4 Å². The van der Waals surface area contributed by atoms with Crippen LogP contribution in [0.2, 0.25) is 0 Å². The number of nitrogens with one attached hydrogen (secondary N) is 1. The van der Waals surface area contributed by atoms with E-state index in [0.29, 0.717) is 12.5 Å². The number of aryl methyl sites for hydroxylation is 1. The van der Waals surface area contributed by atoms with Crippen molar-refractivity contribution in [1.82, 2.24) is 10.2 Å². The molecule has 1 saturated carbocycles. The minimum atomic E-state index is -0.268. The highest BCUT2D eigenvalue weighted by atomic mass is 16.2. The largest absolute Gasteiger partial charge is 0.353 e. The van der Waals surface area contributed by atoms with Crippen LogP contribution in [-0.4, -0.2) is 29.8 Å². The monoisotopic (exact) mass is 272 g/mol. The number of hydrogen-bond acceptors (Lipinski definition) is 2. The van der Waals surface area contributed by atoms with Crippen LogP contribution >= 0.6 is 0 Å². The zero-order valence-electron chi connectivity index (χ0n) is 11.9. The average Bonchev–Trinajstić information content (AvgIpc) is 3.18. The van der Waals surface area contributed by atoms with Crippen molar-refractivity contribution in [3.05, 3.63) is 35.4 Å². The van der Waals surface area contributed by atoms with Gasteiger partial charge in [-0.1, -0.05) is 29.8 Å². The number of amides is 2. The Morgan fingerprint density at radius 1 is 1.25 bits per heavy atom. The zero-order valence-corrected chi connectivity index (χ0v) is 11.9. The van der Waals surface area contributed by atoms with E-state index in [1.165, 1.54) is 5.56 Å². The van der Waals surface area contributed by atoms with Crippen LogP contribution in [0.4, 0.5) is 0 Å². The lowest BCUT2D eigenvalue weighted by atomic mass is 9.92. The molecule has 1 aromatic carbocycles. The molecule has 4 nitrogen and oxygen atoms in total. The van der Waals surface area contributed by atoms with Crippen LogP contribution in [0.15, 0.2) is 24.3 Å². The molecule has 1 saturated heterocycles. The highest BCUT2D eigenvalue weighted by Gasteiger charge is 2.43. The Labute approximate surface area is 119 Å². The van der Waals surface area contributed by atoms with Gasteiger partial charge in [-0.15, -0.1) is 0 Å². The van der Waals surface area contributed by atoms with Crippen LogP contribution in [0.1, 0.15) is 36.4 Å². The molecule has 0 unspecified atom stereocenters. The molecular weight excluding hydrogens is 252 g/mol. The van der Waals surface area contributed by atoms with Crippen LogP contribution in [0.5, 0.6) is 0 Å². The summed E-state index contributed by atoms with van der Waals surface area (Å²) in [5.41, 5.74) is 2.22. The molecule has 2 fully saturated rings. The summed E-state index contributed by atoms with van der Waals surface area (Å²) in [6.45, 7) is 2.03. The quantitative estimate of drug-likeness (QED) is 0.912. The first-order chi connectivity index (χ1) is 9.56. The fourth-order valence-electron chi connectivity index (χ4n) is 2.86. The van der Waals surface area contributed by atoms with Gasteiger partial charge in [0, 0.05) is 19.5 Å². The lowest BCUT2D eigenvalue weighted by Crippen LogP contribution is -2.35. The maximum atomic E-state index is 12.3. The number of likely N-dealkylation sites (tertiary alicyclic amines) is 1. The summed E-state index contributed by atoms with van der Waals surface area (Å²) in [6, 6.07) is 8.30. The fraction of sp³-hybridized carbons (Fsp3) is 0.500. The van der Waals surface area contributed by atoms with E-state index in [1.807, 2.05) is 31.2 Å². The normalized spacial score (nSPS) is 25.9. The molecule has 0 spiro atoms. The molecule has 0 radical (unpaired) electrons. The standard InChI is InChI=1S/C16H20N2O2/c1-10-3-5-11(6-4-10)15-13(9-14(19)18(15)2)16(20)17-12-7-8-12/h3-6,12-13,15H,7-9H2,1-2H3,(H,17,20)/t13-,15+/m1/s1. The van der Waals surface area contributed by atoms with Gasteiger partial charge in [-0.3, -0.25) is 9.59 Å². The summed E-state index contributed by atoms with van der Waals surface area (Å²) in [6.07, 6.45) is 2.45. The molecule has 20 heavy (non-hydrogen) atoms. The molecule has 1 aliphatic carbocycles. The molecule has 1 aliphatic heterocycles. The van der Waals surface area contributed by atoms with Crippen molar-refractivity contribution in [3.8, 4) is 0 Å². The molecule has 4 heteroatoms. The smallest absolute Gasteiger partial charge is 0.226 e. The van der Waals surface area contributed by atoms with Crippen molar-refractivity contribution in [2.45, 2.75) is 38.3 Å². The number of carbonyl (C=O) groups excluding carboxylic acids is 2. The second-order valence-electron chi connectivity index (χ2n) is 5.95. The minimum Gasteiger partial charge on any atom is -0.353 e. The second kappa shape index (κ2) is 4.93. The molecule has 0 bridgehead atoms. The van der Waals surface area contributed by atoms with Gasteiger partial charge in [-0.25, -0.2) is 0 Å². The van der Waals surface area contributed by atoms with Crippen LogP contribution in [0, 0.1) is 12.8 Å². The molecule has 0 aromatic heterocycles. The van der Waals surface area contributed by atoms with Crippen molar-refractivity contribution in [2.75, 3.05) is 7.05 Å². The van der Waals surface area contributed by atoms with Crippen molar-refractivity contribution < 1.29 is 9.59 Å². The van der Waals surface area contributed by atoms with E-state index in [1.54, 1.807) is 11.9 Å². The lowest BCUT2D eigenvalue weighted by Gasteiger charge is -2.25. The Bertz CT molecular complexity index is 534. The predicted molar refractivity (Wildman–Crippen MR) is 76.0 cm³/mol. The third kappa shape index (κ3) is 2.42. The van der Waals surface area contributed by atoms with Gasteiger partial charge in [0.15, 0.2) is 0 Å². The van der Waals surface area contributed by atoms with E-state index in [4.69, 9.17) is 0 Å². The number of carbonyl (C=O) groups is 2.